The van der Waals surface area contributed by atoms with Gasteiger partial charge in [-0.05, 0) is 49.6 Å². The van der Waals surface area contributed by atoms with Crippen LogP contribution in [0.15, 0.2) is 41.8 Å². The van der Waals surface area contributed by atoms with E-state index >= 15 is 0 Å². The first-order chi connectivity index (χ1) is 12.9. The minimum Gasteiger partial charge on any atom is -0.484 e. The van der Waals surface area contributed by atoms with Crippen LogP contribution in [0.25, 0.3) is 10.6 Å². The van der Waals surface area contributed by atoms with Gasteiger partial charge < -0.3 is 10.1 Å². The molecule has 0 fully saturated rings. The van der Waals surface area contributed by atoms with Crippen LogP contribution >= 0.6 is 22.9 Å². The maximum atomic E-state index is 12.1. The van der Waals surface area contributed by atoms with Gasteiger partial charge in [-0.25, -0.2) is 4.98 Å². The fraction of sp³-hybridized carbons (Fsp3) is 0.238. The molecule has 1 heterocycles. The number of hydrogen-bond acceptors (Lipinski definition) is 4. The van der Waals surface area contributed by atoms with Crippen LogP contribution in [0.1, 0.15) is 22.4 Å². The number of aryl methyl sites for hydroxylation is 3. The van der Waals surface area contributed by atoms with Crippen molar-refractivity contribution in [1.82, 2.24) is 10.3 Å². The highest BCUT2D eigenvalue weighted by molar-refractivity contribution is 7.13. The Kier molecular flexibility index (Phi) is 6.14. The van der Waals surface area contributed by atoms with E-state index in [1.807, 2.05) is 43.5 Å². The minimum atomic E-state index is -0.189. The van der Waals surface area contributed by atoms with Crippen LogP contribution in [-0.2, 0) is 11.3 Å². The predicted molar refractivity (Wildman–Crippen MR) is 111 cm³/mol. The second-order valence-corrected chi connectivity index (χ2v) is 7.63. The molecular weight excluding hydrogens is 380 g/mol. The van der Waals surface area contributed by atoms with Gasteiger partial charge >= 0.3 is 0 Å². The molecule has 6 heteroatoms. The number of aromatic nitrogens is 1. The Morgan fingerprint density at radius 3 is 2.56 bits per heavy atom. The molecule has 27 heavy (non-hydrogen) atoms. The van der Waals surface area contributed by atoms with Crippen LogP contribution in [0.4, 0.5) is 0 Å². The molecule has 0 aliphatic heterocycles. The number of amides is 1. The normalized spacial score (nSPS) is 10.7. The van der Waals surface area contributed by atoms with Crippen LogP contribution in [0, 0.1) is 20.8 Å². The van der Waals surface area contributed by atoms with Gasteiger partial charge in [0.25, 0.3) is 5.91 Å². The van der Waals surface area contributed by atoms with E-state index < -0.39 is 0 Å². The molecule has 1 amide bonds. The predicted octanol–water partition coefficient (Wildman–Crippen LogP) is 5.08. The molecule has 0 unspecified atom stereocenters. The maximum absolute atomic E-state index is 12.1. The molecule has 0 aliphatic carbocycles. The Morgan fingerprint density at radius 2 is 1.85 bits per heavy atom. The van der Waals surface area contributed by atoms with Gasteiger partial charge in [-0.3, -0.25) is 4.79 Å². The number of nitrogens with zero attached hydrogens (tertiary/aromatic N) is 1. The van der Waals surface area contributed by atoms with Crippen molar-refractivity contribution >= 4 is 28.8 Å². The lowest BCUT2D eigenvalue weighted by atomic mass is 10.1. The number of hydrogen-bond donors (Lipinski definition) is 1. The molecule has 0 radical (unpaired) electrons. The lowest BCUT2D eigenvalue weighted by molar-refractivity contribution is -0.123. The number of carbonyl (C=O) groups is 1. The van der Waals surface area contributed by atoms with E-state index in [1.54, 1.807) is 11.3 Å². The van der Waals surface area contributed by atoms with Crippen LogP contribution in [0.5, 0.6) is 5.75 Å². The SMILES string of the molecule is Cc1ccccc1-c1nc(CNC(=O)COc2cc(C)c(Cl)c(C)c2)cs1. The first-order valence-electron chi connectivity index (χ1n) is 8.60. The van der Waals surface area contributed by atoms with E-state index in [4.69, 9.17) is 16.3 Å². The molecule has 1 aromatic heterocycles. The van der Waals surface area contributed by atoms with E-state index in [0.717, 1.165) is 32.4 Å². The summed E-state index contributed by atoms with van der Waals surface area (Å²) in [6.45, 7) is 6.22. The molecular formula is C21H21ClN2O2S. The average Bonchev–Trinajstić information content (AvgIpc) is 3.11. The van der Waals surface area contributed by atoms with E-state index in [2.05, 4.69) is 29.4 Å². The van der Waals surface area contributed by atoms with Gasteiger partial charge in [0.2, 0.25) is 0 Å². The van der Waals surface area contributed by atoms with E-state index in [9.17, 15) is 4.79 Å². The van der Waals surface area contributed by atoms with Gasteiger partial charge in [0.15, 0.2) is 6.61 Å². The monoisotopic (exact) mass is 400 g/mol. The van der Waals surface area contributed by atoms with Gasteiger partial charge in [-0.2, -0.15) is 0 Å². The topological polar surface area (TPSA) is 51.2 Å². The highest BCUT2D eigenvalue weighted by Gasteiger charge is 2.09. The number of rotatable bonds is 6. The Bertz CT molecular complexity index is 945. The van der Waals surface area contributed by atoms with Gasteiger partial charge in [0.1, 0.15) is 10.8 Å². The van der Waals surface area contributed by atoms with Crippen molar-refractivity contribution in [3.8, 4) is 16.3 Å². The number of carbonyl (C=O) groups excluding carboxylic acids is 1. The van der Waals surface area contributed by atoms with Crippen molar-refractivity contribution in [2.75, 3.05) is 6.61 Å². The highest BCUT2D eigenvalue weighted by Crippen LogP contribution is 2.27. The first-order valence-corrected chi connectivity index (χ1v) is 9.86. The maximum Gasteiger partial charge on any atom is 0.258 e. The summed E-state index contributed by atoms with van der Waals surface area (Å²) in [6, 6.07) is 11.8. The summed E-state index contributed by atoms with van der Waals surface area (Å²) < 4.78 is 5.57. The van der Waals surface area contributed by atoms with E-state index in [-0.39, 0.29) is 12.5 Å². The van der Waals surface area contributed by atoms with Gasteiger partial charge in [0.05, 0.1) is 12.2 Å². The quantitative estimate of drug-likeness (QED) is 0.627. The molecule has 140 valence electrons. The van der Waals surface area contributed by atoms with Crippen molar-refractivity contribution in [2.24, 2.45) is 0 Å². The van der Waals surface area contributed by atoms with Crippen molar-refractivity contribution < 1.29 is 9.53 Å². The summed E-state index contributed by atoms with van der Waals surface area (Å²) in [5, 5.41) is 6.49. The van der Waals surface area contributed by atoms with Gasteiger partial charge in [-0.15, -0.1) is 11.3 Å². The molecule has 0 spiro atoms. The molecule has 0 saturated carbocycles. The fourth-order valence-corrected chi connectivity index (χ4v) is 3.72. The smallest absolute Gasteiger partial charge is 0.258 e. The van der Waals surface area contributed by atoms with Crippen molar-refractivity contribution in [3.05, 3.63) is 69.2 Å². The number of thiazole rings is 1. The third-order valence-corrected chi connectivity index (χ3v) is 5.69. The summed E-state index contributed by atoms with van der Waals surface area (Å²) in [5.41, 5.74) is 5.00. The number of halogens is 1. The molecule has 1 N–H and O–H groups in total. The second-order valence-electron chi connectivity index (χ2n) is 6.40. The zero-order valence-corrected chi connectivity index (χ0v) is 17.1. The molecule has 0 bridgehead atoms. The summed E-state index contributed by atoms with van der Waals surface area (Å²) in [4.78, 5) is 16.7. The Labute approximate surface area is 168 Å². The molecule has 4 nitrogen and oxygen atoms in total. The van der Waals surface area contributed by atoms with E-state index in [0.29, 0.717) is 12.3 Å². The molecule has 0 aliphatic rings. The summed E-state index contributed by atoms with van der Waals surface area (Å²) in [6.07, 6.45) is 0. The molecule has 3 rings (SSSR count). The number of nitrogens with one attached hydrogen (secondary N) is 1. The fourth-order valence-electron chi connectivity index (χ4n) is 2.70. The Morgan fingerprint density at radius 1 is 1.15 bits per heavy atom. The molecule has 0 atom stereocenters. The average molecular weight is 401 g/mol. The van der Waals surface area contributed by atoms with Crippen LogP contribution in [0.3, 0.4) is 0 Å². The zero-order chi connectivity index (χ0) is 19.4. The second kappa shape index (κ2) is 8.55. The van der Waals surface area contributed by atoms with Crippen molar-refractivity contribution in [1.29, 1.82) is 0 Å². The third-order valence-electron chi connectivity index (χ3n) is 4.17. The first kappa shape index (κ1) is 19.4. The lowest BCUT2D eigenvalue weighted by Gasteiger charge is -2.10. The largest absolute Gasteiger partial charge is 0.484 e. The number of ether oxygens (including phenoxy) is 1. The van der Waals surface area contributed by atoms with E-state index in [1.165, 1.54) is 5.56 Å². The number of benzene rings is 2. The third kappa shape index (κ3) is 4.87. The van der Waals surface area contributed by atoms with Crippen LogP contribution < -0.4 is 10.1 Å². The molecule has 3 aromatic rings. The standard InChI is InChI=1S/C21H21ClN2O2S/c1-13-6-4-5-7-18(13)21-24-16(12-27-21)10-23-19(25)11-26-17-8-14(2)20(22)15(3)9-17/h4-9,12H,10-11H2,1-3H3,(H,23,25). The molecule has 2 aromatic carbocycles. The van der Waals surface area contributed by atoms with Crippen molar-refractivity contribution in [2.45, 2.75) is 27.3 Å². The van der Waals surface area contributed by atoms with Gasteiger partial charge in [0, 0.05) is 16.0 Å². The highest BCUT2D eigenvalue weighted by atomic mass is 35.5. The van der Waals surface area contributed by atoms with Crippen molar-refractivity contribution in [3.63, 3.8) is 0 Å². The minimum absolute atomic E-state index is 0.0463. The summed E-state index contributed by atoms with van der Waals surface area (Å²) in [7, 11) is 0. The Balaban J connectivity index is 1.53. The molecule has 0 saturated heterocycles. The summed E-state index contributed by atoms with van der Waals surface area (Å²) in [5.74, 6) is 0.450. The van der Waals surface area contributed by atoms with Crippen LogP contribution in [0.2, 0.25) is 5.02 Å². The van der Waals surface area contributed by atoms with Crippen LogP contribution in [-0.4, -0.2) is 17.5 Å². The van der Waals surface area contributed by atoms with Gasteiger partial charge in [-0.1, -0.05) is 35.9 Å². The Hall–Kier alpha value is -2.37. The summed E-state index contributed by atoms with van der Waals surface area (Å²) >= 11 is 7.72. The zero-order valence-electron chi connectivity index (χ0n) is 15.5. The lowest BCUT2D eigenvalue weighted by Crippen LogP contribution is -2.28.